The van der Waals surface area contributed by atoms with Crippen molar-refractivity contribution >= 4 is 17.3 Å². The molecule has 9 heavy (non-hydrogen) atoms. The van der Waals surface area contributed by atoms with Gasteiger partial charge in [-0.2, -0.15) is 0 Å². The molecular weight excluding hydrogens is 198 g/mol. The summed E-state index contributed by atoms with van der Waals surface area (Å²) in [5.74, 6) is 0. The first-order chi connectivity index (χ1) is 3.84. The van der Waals surface area contributed by atoms with E-state index in [0.717, 1.165) is 10.6 Å². The predicted molar refractivity (Wildman–Crippen MR) is 37.9 cm³/mol. The summed E-state index contributed by atoms with van der Waals surface area (Å²) in [5.41, 5.74) is 3.79. The highest BCUT2D eigenvalue weighted by Gasteiger charge is 2.15. The third-order valence-corrected chi connectivity index (χ3v) is 1.78. The van der Waals surface area contributed by atoms with E-state index in [1.165, 1.54) is 11.8 Å². The van der Waals surface area contributed by atoms with Crippen LogP contribution >= 0.6 is 11.8 Å². The molecule has 0 fully saturated rings. The van der Waals surface area contributed by atoms with Crippen LogP contribution in [0.4, 0.5) is 0 Å². The van der Waals surface area contributed by atoms with Crippen LogP contribution in [0.1, 0.15) is 6.92 Å². The van der Waals surface area contributed by atoms with Crippen molar-refractivity contribution in [3.05, 3.63) is 23.3 Å². The van der Waals surface area contributed by atoms with Gasteiger partial charge < -0.3 is 17.0 Å². The lowest BCUT2D eigenvalue weighted by Crippen LogP contribution is -3.00. The monoisotopic (exact) mass is 203 g/mol. The number of allylic oxidation sites excluding steroid dienone is 2. The van der Waals surface area contributed by atoms with E-state index in [1.54, 1.807) is 6.08 Å². The zero-order chi connectivity index (χ0) is 5.98. The number of thioether (sulfide) groups is 1. The smallest absolute Gasteiger partial charge is 0.272 e. The number of rotatable bonds is 1. The molecule has 0 amide bonds. The average Bonchev–Trinajstić information content (AvgIpc) is 2.14. The van der Waals surface area contributed by atoms with Crippen molar-refractivity contribution in [3.63, 3.8) is 0 Å². The first kappa shape index (κ1) is 8.89. The van der Waals surface area contributed by atoms with Crippen LogP contribution in [0.2, 0.25) is 0 Å². The predicted octanol–water partition coefficient (Wildman–Crippen LogP) is -0.940. The molecule has 0 N–H and O–H groups in total. The minimum absolute atomic E-state index is 0. The van der Waals surface area contributed by atoms with Crippen LogP contribution in [-0.4, -0.2) is 5.55 Å². The topological polar surface area (TPSA) is 12.4 Å². The molecule has 1 aliphatic heterocycles. The zero-order valence-electron chi connectivity index (χ0n) is 5.02. The van der Waals surface area contributed by atoms with Crippen LogP contribution in [0, 0.1) is 0 Å². The molecule has 0 radical (unpaired) electrons. The van der Waals surface area contributed by atoms with Crippen molar-refractivity contribution in [2.24, 2.45) is 4.99 Å². The quantitative estimate of drug-likeness (QED) is 0.502. The van der Waals surface area contributed by atoms with Gasteiger partial charge in [-0.05, 0) is 6.08 Å². The fourth-order valence-electron chi connectivity index (χ4n) is 0.459. The van der Waals surface area contributed by atoms with Gasteiger partial charge in [-0.1, -0.05) is 6.58 Å². The molecule has 0 aromatic rings. The lowest BCUT2D eigenvalue weighted by Gasteiger charge is -1.74. The second-order valence-electron chi connectivity index (χ2n) is 1.46. The van der Waals surface area contributed by atoms with Gasteiger partial charge in [0.1, 0.15) is 16.7 Å². The SMILES string of the molecule is C=CC1=C(C)N=[C+]S1.[Br-]. The van der Waals surface area contributed by atoms with Gasteiger partial charge >= 0.3 is 0 Å². The molecule has 1 rings (SSSR count). The van der Waals surface area contributed by atoms with Crippen LogP contribution in [0.25, 0.3) is 0 Å². The Bertz CT molecular complexity index is 172. The Labute approximate surface area is 69.7 Å². The van der Waals surface area contributed by atoms with Gasteiger partial charge in [0, 0.05) is 11.9 Å². The second-order valence-corrected chi connectivity index (χ2v) is 2.29. The van der Waals surface area contributed by atoms with Gasteiger partial charge in [0.05, 0.1) is 0 Å². The van der Waals surface area contributed by atoms with Crippen molar-refractivity contribution in [2.45, 2.75) is 6.92 Å². The fourth-order valence-corrected chi connectivity index (χ4v) is 1.02. The summed E-state index contributed by atoms with van der Waals surface area (Å²) in [4.78, 5) is 5.03. The minimum atomic E-state index is 0. The maximum atomic E-state index is 3.91. The molecule has 1 nitrogen and oxygen atoms in total. The molecule has 1 heterocycles. The van der Waals surface area contributed by atoms with Crippen LogP contribution in [0.5, 0.6) is 0 Å². The summed E-state index contributed by atoms with van der Waals surface area (Å²) in [6.45, 7) is 5.56. The maximum Gasteiger partial charge on any atom is 0.272 e. The molecule has 0 aromatic heterocycles. The Morgan fingerprint density at radius 3 is 2.67 bits per heavy atom. The summed E-state index contributed by atoms with van der Waals surface area (Å²) in [5, 5.41) is 0. The number of hydrogen-bond acceptors (Lipinski definition) is 2. The Hall–Kier alpha value is -0.110. The van der Waals surface area contributed by atoms with Gasteiger partial charge in [0.2, 0.25) is 5.70 Å². The van der Waals surface area contributed by atoms with E-state index < -0.39 is 0 Å². The van der Waals surface area contributed by atoms with E-state index in [1.807, 2.05) is 6.92 Å². The van der Waals surface area contributed by atoms with Crippen LogP contribution in [-0.2, 0) is 0 Å². The molecule has 1 aliphatic rings. The summed E-state index contributed by atoms with van der Waals surface area (Å²) in [6, 6.07) is 0. The molecule has 0 spiro atoms. The highest BCUT2D eigenvalue weighted by molar-refractivity contribution is 8.15. The molecule has 0 atom stereocenters. The first-order valence-corrected chi connectivity index (χ1v) is 3.12. The maximum absolute atomic E-state index is 3.91. The summed E-state index contributed by atoms with van der Waals surface area (Å²) in [6.07, 6.45) is 1.80. The summed E-state index contributed by atoms with van der Waals surface area (Å²) in [7, 11) is 0. The lowest BCUT2D eigenvalue weighted by molar-refractivity contribution is -0.00000163. The van der Waals surface area contributed by atoms with Gasteiger partial charge in [-0.15, -0.1) is 0 Å². The van der Waals surface area contributed by atoms with Crippen molar-refractivity contribution in [1.82, 2.24) is 0 Å². The third kappa shape index (κ3) is 1.94. The average molecular weight is 204 g/mol. The first-order valence-electron chi connectivity index (χ1n) is 2.30. The van der Waals surface area contributed by atoms with Crippen LogP contribution in [0.15, 0.2) is 28.2 Å². The highest BCUT2D eigenvalue weighted by atomic mass is 79.9. The van der Waals surface area contributed by atoms with Gasteiger partial charge in [-0.25, -0.2) is 0 Å². The number of nitrogens with zero attached hydrogens (tertiary/aromatic N) is 1. The number of hydrogen-bond donors (Lipinski definition) is 0. The van der Waals surface area contributed by atoms with Crippen molar-refractivity contribution in [1.29, 1.82) is 0 Å². The van der Waals surface area contributed by atoms with Crippen molar-refractivity contribution < 1.29 is 17.0 Å². The molecular formula is C6H6BrNS. The summed E-state index contributed by atoms with van der Waals surface area (Å²) >= 11 is 1.50. The molecule has 3 heteroatoms. The molecule has 48 valence electrons. The summed E-state index contributed by atoms with van der Waals surface area (Å²) < 4.78 is 0. The molecule has 0 saturated carbocycles. The third-order valence-electron chi connectivity index (χ3n) is 0.911. The van der Waals surface area contributed by atoms with Gasteiger partial charge in [0.15, 0.2) is 0 Å². The fraction of sp³-hybridized carbons (Fsp3) is 0.167. The molecule has 0 aromatic carbocycles. The Balaban J connectivity index is 0.000000640. The normalized spacial score (nSPS) is 14.8. The molecule has 0 aliphatic carbocycles. The lowest BCUT2D eigenvalue weighted by atomic mass is 10.4. The standard InChI is InChI=1S/C6H6NS.BrH/c1-3-6-5(2)7-4-8-6;/h3H,1H2,2H3;1H/q+1;/p-1. The van der Waals surface area contributed by atoms with E-state index in [2.05, 4.69) is 17.1 Å². The Morgan fingerprint density at radius 1 is 1.78 bits per heavy atom. The number of halogens is 1. The second kappa shape index (κ2) is 3.83. The van der Waals surface area contributed by atoms with Crippen LogP contribution in [0.3, 0.4) is 0 Å². The minimum Gasteiger partial charge on any atom is -1.00 e. The van der Waals surface area contributed by atoms with E-state index in [4.69, 9.17) is 0 Å². The Kier molecular flexibility index (Phi) is 3.78. The molecule has 0 saturated heterocycles. The Morgan fingerprint density at radius 2 is 2.44 bits per heavy atom. The number of aliphatic imine (C=N–C) groups is 1. The molecule has 0 unspecified atom stereocenters. The van der Waals surface area contributed by atoms with Crippen molar-refractivity contribution in [2.75, 3.05) is 0 Å². The van der Waals surface area contributed by atoms with Crippen LogP contribution < -0.4 is 17.0 Å². The van der Waals surface area contributed by atoms with Gasteiger partial charge in [0.25, 0.3) is 5.55 Å². The van der Waals surface area contributed by atoms with Gasteiger partial charge in [-0.3, -0.25) is 0 Å². The van der Waals surface area contributed by atoms with E-state index in [0.29, 0.717) is 0 Å². The zero-order valence-corrected chi connectivity index (χ0v) is 7.42. The van der Waals surface area contributed by atoms with E-state index in [9.17, 15) is 0 Å². The largest absolute Gasteiger partial charge is 1.00 e. The van der Waals surface area contributed by atoms with Crippen molar-refractivity contribution in [3.8, 4) is 0 Å². The highest BCUT2D eigenvalue weighted by Crippen LogP contribution is 2.24. The van der Waals surface area contributed by atoms with E-state index in [-0.39, 0.29) is 17.0 Å². The van der Waals surface area contributed by atoms with E-state index >= 15 is 0 Å². The molecule has 0 bridgehead atoms.